The van der Waals surface area contributed by atoms with Gasteiger partial charge >= 0.3 is 0 Å². The van der Waals surface area contributed by atoms with Gasteiger partial charge in [0.1, 0.15) is 0 Å². The number of hydrogen-bond donors (Lipinski definition) is 2. The van der Waals surface area contributed by atoms with Crippen molar-refractivity contribution in [2.75, 3.05) is 32.6 Å². The van der Waals surface area contributed by atoms with E-state index in [0.717, 1.165) is 12.2 Å². The zero-order valence-electron chi connectivity index (χ0n) is 16.9. The molecule has 1 heterocycles. The highest BCUT2D eigenvalue weighted by atomic mass is 16.2. The van der Waals surface area contributed by atoms with Crippen molar-refractivity contribution in [3.8, 4) is 0 Å². The molecule has 2 aromatic carbocycles. The number of aliphatic imine (C=N–C) groups is 1. The van der Waals surface area contributed by atoms with Crippen molar-refractivity contribution in [1.29, 1.82) is 0 Å². The lowest BCUT2D eigenvalue weighted by molar-refractivity contribution is -0.117. The smallest absolute Gasteiger partial charge is 0.229 e. The van der Waals surface area contributed by atoms with E-state index in [1.807, 2.05) is 35.2 Å². The second kappa shape index (κ2) is 9.37. The molecular weight excluding hydrogens is 350 g/mol. The summed E-state index contributed by atoms with van der Waals surface area (Å²) in [5.74, 6) is 0.848. The summed E-state index contributed by atoms with van der Waals surface area (Å²) >= 11 is 0. The van der Waals surface area contributed by atoms with E-state index >= 15 is 0 Å². The van der Waals surface area contributed by atoms with Crippen LogP contribution >= 0.6 is 0 Å². The Hall–Kier alpha value is -2.86. The second-order valence-corrected chi connectivity index (χ2v) is 7.37. The van der Waals surface area contributed by atoms with E-state index in [1.54, 1.807) is 7.05 Å². The number of nitrogens with one attached hydrogen (secondary N) is 2. The Balaban J connectivity index is 1.52. The Labute approximate surface area is 167 Å². The molecule has 28 heavy (non-hydrogen) atoms. The fourth-order valence-electron chi connectivity index (χ4n) is 3.36. The van der Waals surface area contributed by atoms with Crippen molar-refractivity contribution >= 4 is 17.6 Å². The summed E-state index contributed by atoms with van der Waals surface area (Å²) in [5, 5.41) is 6.71. The summed E-state index contributed by atoms with van der Waals surface area (Å²) < 4.78 is 0. The second-order valence-electron chi connectivity index (χ2n) is 7.37. The van der Waals surface area contributed by atoms with Crippen LogP contribution in [0.5, 0.6) is 0 Å². The Kier molecular flexibility index (Phi) is 6.66. The van der Waals surface area contributed by atoms with Crippen LogP contribution in [0.4, 0.5) is 5.69 Å². The summed E-state index contributed by atoms with van der Waals surface area (Å²) in [4.78, 5) is 20.7. The minimum atomic E-state index is 0.0429. The number of para-hydroxylation sites is 1. The van der Waals surface area contributed by atoms with E-state index in [4.69, 9.17) is 0 Å². The molecule has 0 bridgehead atoms. The van der Waals surface area contributed by atoms with Gasteiger partial charge in [-0.3, -0.25) is 9.79 Å². The SMILES string of the molecule is CN=C(NCc1ccc(CN(C)C)cc1)NC1CC(=O)N(c2ccccc2)C1. The van der Waals surface area contributed by atoms with Crippen LogP contribution in [0.25, 0.3) is 0 Å². The molecule has 148 valence electrons. The van der Waals surface area contributed by atoms with Gasteiger partial charge in [-0.2, -0.15) is 0 Å². The topological polar surface area (TPSA) is 60.0 Å². The van der Waals surface area contributed by atoms with Gasteiger partial charge in [0.25, 0.3) is 0 Å². The molecule has 1 atom stereocenters. The summed E-state index contributed by atoms with van der Waals surface area (Å²) in [7, 11) is 5.89. The lowest BCUT2D eigenvalue weighted by atomic mass is 10.1. The third-order valence-corrected chi connectivity index (χ3v) is 4.74. The number of carbonyl (C=O) groups excluding carboxylic acids is 1. The fourth-order valence-corrected chi connectivity index (χ4v) is 3.36. The van der Waals surface area contributed by atoms with E-state index in [1.165, 1.54) is 11.1 Å². The van der Waals surface area contributed by atoms with Crippen LogP contribution in [0.15, 0.2) is 59.6 Å². The van der Waals surface area contributed by atoms with Gasteiger partial charge < -0.3 is 20.4 Å². The number of carbonyl (C=O) groups is 1. The van der Waals surface area contributed by atoms with E-state index in [9.17, 15) is 4.79 Å². The molecule has 0 aliphatic carbocycles. The largest absolute Gasteiger partial charge is 0.352 e. The first-order valence-electron chi connectivity index (χ1n) is 9.60. The van der Waals surface area contributed by atoms with Gasteiger partial charge in [0.05, 0.1) is 6.04 Å². The molecule has 1 fully saturated rings. The van der Waals surface area contributed by atoms with Crippen LogP contribution in [0, 0.1) is 0 Å². The molecule has 2 aromatic rings. The van der Waals surface area contributed by atoms with E-state index in [-0.39, 0.29) is 11.9 Å². The lowest BCUT2D eigenvalue weighted by Gasteiger charge is -2.19. The molecule has 1 aliphatic rings. The van der Waals surface area contributed by atoms with Gasteiger partial charge in [0.2, 0.25) is 5.91 Å². The zero-order chi connectivity index (χ0) is 19.9. The van der Waals surface area contributed by atoms with E-state index in [0.29, 0.717) is 25.5 Å². The monoisotopic (exact) mass is 379 g/mol. The first kappa shape index (κ1) is 19.9. The molecule has 0 aromatic heterocycles. The minimum absolute atomic E-state index is 0.0429. The Bertz CT molecular complexity index is 801. The predicted octanol–water partition coefficient (Wildman–Crippen LogP) is 2.22. The van der Waals surface area contributed by atoms with Crippen LogP contribution in [0.2, 0.25) is 0 Å². The molecule has 0 spiro atoms. The maximum Gasteiger partial charge on any atom is 0.229 e. The van der Waals surface area contributed by atoms with Crippen molar-refractivity contribution < 1.29 is 4.79 Å². The predicted molar refractivity (Wildman–Crippen MR) is 114 cm³/mol. The van der Waals surface area contributed by atoms with Crippen molar-refractivity contribution in [3.05, 3.63) is 65.7 Å². The Morgan fingerprint density at radius 2 is 1.79 bits per heavy atom. The van der Waals surface area contributed by atoms with Gasteiger partial charge in [0, 0.05) is 38.8 Å². The van der Waals surface area contributed by atoms with Crippen LogP contribution in [-0.4, -0.2) is 50.5 Å². The number of rotatable bonds is 6. The Morgan fingerprint density at radius 3 is 2.43 bits per heavy atom. The first-order chi connectivity index (χ1) is 13.5. The van der Waals surface area contributed by atoms with Gasteiger partial charge in [-0.05, 0) is 37.4 Å². The highest BCUT2D eigenvalue weighted by molar-refractivity contribution is 5.97. The maximum atomic E-state index is 12.4. The van der Waals surface area contributed by atoms with Crippen molar-refractivity contribution in [1.82, 2.24) is 15.5 Å². The summed E-state index contributed by atoms with van der Waals surface area (Å²) in [5.41, 5.74) is 3.43. The number of hydrogen-bond acceptors (Lipinski definition) is 3. The normalized spacial score (nSPS) is 17.3. The van der Waals surface area contributed by atoms with E-state index < -0.39 is 0 Å². The third kappa shape index (κ3) is 5.33. The molecule has 0 saturated carbocycles. The van der Waals surface area contributed by atoms with Gasteiger partial charge in [-0.15, -0.1) is 0 Å². The number of guanidine groups is 1. The first-order valence-corrected chi connectivity index (χ1v) is 9.60. The number of amides is 1. The van der Waals surface area contributed by atoms with Gasteiger partial charge in [-0.25, -0.2) is 0 Å². The standard InChI is InChI=1S/C22H29N5O/c1-23-22(24-14-17-9-11-18(12-10-17)15-26(2)3)25-19-13-21(28)27(16-19)20-7-5-4-6-8-20/h4-12,19H,13-16H2,1-3H3,(H2,23,24,25). The molecule has 1 unspecified atom stereocenters. The zero-order valence-corrected chi connectivity index (χ0v) is 16.9. The average Bonchev–Trinajstić information content (AvgIpc) is 3.06. The molecule has 6 nitrogen and oxygen atoms in total. The maximum absolute atomic E-state index is 12.4. The minimum Gasteiger partial charge on any atom is -0.352 e. The van der Waals surface area contributed by atoms with Gasteiger partial charge in [-0.1, -0.05) is 42.5 Å². The van der Waals surface area contributed by atoms with Crippen LogP contribution in [-0.2, 0) is 17.9 Å². The average molecular weight is 380 g/mol. The fraction of sp³-hybridized carbons (Fsp3) is 0.364. The highest BCUT2D eigenvalue weighted by Crippen LogP contribution is 2.20. The third-order valence-electron chi connectivity index (χ3n) is 4.74. The number of benzene rings is 2. The molecule has 0 radical (unpaired) electrons. The van der Waals surface area contributed by atoms with Crippen molar-refractivity contribution in [2.24, 2.45) is 4.99 Å². The molecule has 2 N–H and O–H groups in total. The molecule has 1 saturated heterocycles. The molecule has 3 rings (SSSR count). The van der Waals surface area contributed by atoms with Crippen molar-refractivity contribution in [3.63, 3.8) is 0 Å². The van der Waals surface area contributed by atoms with Crippen molar-refractivity contribution in [2.45, 2.75) is 25.6 Å². The summed E-state index contributed by atoms with van der Waals surface area (Å²) in [6.45, 7) is 2.26. The quantitative estimate of drug-likeness (QED) is 0.597. The van der Waals surface area contributed by atoms with E-state index in [2.05, 4.69) is 58.9 Å². The highest BCUT2D eigenvalue weighted by Gasteiger charge is 2.30. The molecule has 6 heteroatoms. The van der Waals surface area contributed by atoms with Crippen LogP contribution < -0.4 is 15.5 Å². The molecule has 1 amide bonds. The van der Waals surface area contributed by atoms with Crippen LogP contribution in [0.3, 0.4) is 0 Å². The molecular formula is C22H29N5O. The lowest BCUT2D eigenvalue weighted by Crippen LogP contribution is -2.44. The van der Waals surface area contributed by atoms with Crippen LogP contribution in [0.1, 0.15) is 17.5 Å². The summed E-state index contributed by atoms with van der Waals surface area (Å²) in [6.07, 6.45) is 0.467. The van der Waals surface area contributed by atoms with Gasteiger partial charge in [0.15, 0.2) is 5.96 Å². The number of nitrogens with zero attached hydrogens (tertiary/aromatic N) is 3. The number of anilines is 1. The summed E-state index contributed by atoms with van der Waals surface area (Å²) in [6, 6.07) is 18.4. The Morgan fingerprint density at radius 1 is 1.11 bits per heavy atom. The molecule has 1 aliphatic heterocycles.